The molecule has 0 aliphatic heterocycles. The van der Waals surface area contributed by atoms with Crippen molar-refractivity contribution in [1.29, 1.82) is 0 Å². The number of halogens is 1. The molecule has 1 saturated carbocycles. The molecule has 1 aliphatic rings. The summed E-state index contributed by atoms with van der Waals surface area (Å²) < 4.78 is 21.8. The summed E-state index contributed by atoms with van der Waals surface area (Å²) in [4.78, 5) is 8.83. The summed E-state index contributed by atoms with van der Waals surface area (Å²) in [5, 5.41) is 16.6. The van der Waals surface area contributed by atoms with Crippen LogP contribution in [0.4, 0.5) is 4.39 Å². The van der Waals surface area contributed by atoms with Crippen molar-refractivity contribution in [2.24, 2.45) is 0 Å². The molecule has 1 aromatic carbocycles. The smallest absolute Gasteiger partial charge is 0.277 e. The van der Waals surface area contributed by atoms with Crippen LogP contribution < -0.4 is 4.73 Å². The average molecular weight is 339 g/mol. The highest BCUT2D eigenvalue weighted by atomic mass is 19.1. The molecular formula is C17H14FN5O2. The number of rotatable bonds is 2. The van der Waals surface area contributed by atoms with Gasteiger partial charge in [-0.2, -0.15) is 14.1 Å². The first-order chi connectivity index (χ1) is 12.0. The van der Waals surface area contributed by atoms with E-state index in [1.807, 2.05) is 0 Å². The number of aryl methyl sites for hydroxylation is 1. The molecule has 0 spiro atoms. The molecule has 3 aromatic heterocycles. The Bertz CT molecular complexity index is 1160. The highest BCUT2D eigenvalue weighted by Gasteiger charge is 2.44. The van der Waals surface area contributed by atoms with Gasteiger partial charge in [-0.25, -0.2) is 4.98 Å². The van der Waals surface area contributed by atoms with E-state index in [4.69, 9.17) is 4.52 Å². The van der Waals surface area contributed by atoms with E-state index in [0.717, 1.165) is 12.8 Å². The molecule has 8 heteroatoms. The molecule has 5 rings (SSSR count). The lowest BCUT2D eigenvalue weighted by Crippen LogP contribution is -2.33. The molecule has 0 radical (unpaired) electrons. The van der Waals surface area contributed by atoms with Crippen LogP contribution in [-0.2, 0) is 5.41 Å². The first-order valence-corrected chi connectivity index (χ1v) is 8.01. The molecule has 1 fully saturated rings. The normalized spacial score (nSPS) is 16.0. The van der Waals surface area contributed by atoms with Crippen molar-refractivity contribution in [1.82, 2.24) is 19.5 Å². The van der Waals surface area contributed by atoms with Gasteiger partial charge in [0.2, 0.25) is 17.4 Å². The van der Waals surface area contributed by atoms with Crippen LogP contribution in [-0.4, -0.2) is 19.5 Å². The fraction of sp³-hybridized carbons (Fsp3) is 0.294. The third-order valence-electron chi connectivity index (χ3n) is 5.00. The number of nitrogens with zero attached hydrogens (tertiary/aromatic N) is 5. The molecule has 25 heavy (non-hydrogen) atoms. The third-order valence-corrected chi connectivity index (χ3v) is 5.00. The molecule has 0 atom stereocenters. The predicted molar refractivity (Wildman–Crippen MR) is 86.2 cm³/mol. The summed E-state index contributed by atoms with van der Waals surface area (Å²) in [5.74, 6) is 0.351. The number of aromatic nitrogens is 5. The Labute approximate surface area is 141 Å². The van der Waals surface area contributed by atoms with E-state index in [2.05, 4.69) is 22.0 Å². The van der Waals surface area contributed by atoms with Gasteiger partial charge >= 0.3 is 0 Å². The number of hydrogen-bond acceptors (Lipinski definition) is 5. The lowest BCUT2D eigenvalue weighted by atomic mass is 10.1. The largest absolute Gasteiger partial charge is 0.618 e. The minimum atomic E-state index is -0.573. The molecule has 0 unspecified atom stereocenters. The topological polar surface area (TPSA) is 83.2 Å². The second-order valence-electron chi connectivity index (χ2n) is 6.78. The van der Waals surface area contributed by atoms with Gasteiger partial charge in [-0.1, -0.05) is 18.1 Å². The van der Waals surface area contributed by atoms with Crippen molar-refractivity contribution in [3.8, 4) is 11.5 Å². The van der Waals surface area contributed by atoms with Crippen LogP contribution in [0.3, 0.4) is 0 Å². The Morgan fingerprint density at radius 1 is 1.36 bits per heavy atom. The van der Waals surface area contributed by atoms with E-state index < -0.39 is 5.82 Å². The fourth-order valence-corrected chi connectivity index (χ4v) is 3.17. The van der Waals surface area contributed by atoms with Crippen LogP contribution in [0.1, 0.15) is 31.4 Å². The van der Waals surface area contributed by atoms with Gasteiger partial charge in [0, 0.05) is 12.3 Å². The zero-order valence-electron chi connectivity index (χ0n) is 13.7. The molecule has 126 valence electrons. The maximum absolute atomic E-state index is 14.1. The first-order valence-electron chi connectivity index (χ1n) is 8.01. The van der Waals surface area contributed by atoms with Crippen LogP contribution in [0.25, 0.3) is 28.1 Å². The van der Waals surface area contributed by atoms with E-state index in [0.29, 0.717) is 38.9 Å². The molecule has 3 heterocycles. The molecule has 0 N–H and O–H groups in total. The lowest BCUT2D eigenvalue weighted by Gasteiger charge is -2.08. The number of benzene rings is 1. The van der Waals surface area contributed by atoms with E-state index in [9.17, 15) is 9.60 Å². The van der Waals surface area contributed by atoms with Crippen LogP contribution >= 0.6 is 0 Å². The number of imidazole rings is 1. The van der Waals surface area contributed by atoms with Crippen LogP contribution in [0.15, 0.2) is 29.0 Å². The van der Waals surface area contributed by atoms with Crippen LogP contribution in [0.2, 0.25) is 0 Å². The third kappa shape index (κ3) is 1.84. The van der Waals surface area contributed by atoms with Gasteiger partial charge in [0.1, 0.15) is 23.1 Å². The number of para-hydroxylation sites is 1. The van der Waals surface area contributed by atoms with E-state index in [1.165, 1.54) is 6.07 Å². The summed E-state index contributed by atoms with van der Waals surface area (Å²) in [6.45, 7) is 3.70. The highest BCUT2D eigenvalue weighted by molar-refractivity contribution is 5.82. The van der Waals surface area contributed by atoms with Crippen molar-refractivity contribution in [3.63, 3.8) is 0 Å². The summed E-state index contributed by atoms with van der Waals surface area (Å²) in [5.41, 5.74) is 1.69. The zero-order valence-corrected chi connectivity index (χ0v) is 13.7. The Kier molecular flexibility index (Phi) is 2.60. The van der Waals surface area contributed by atoms with Crippen LogP contribution in [0, 0.1) is 17.9 Å². The molecule has 0 amide bonds. The Hall–Kier alpha value is -3.03. The Balaban J connectivity index is 1.81. The minimum Gasteiger partial charge on any atom is -0.618 e. The maximum atomic E-state index is 14.1. The van der Waals surface area contributed by atoms with Gasteiger partial charge in [-0.3, -0.25) is 4.40 Å². The number of hydrogen-bond donors (Lipinski definition) is 0. The van der Waals surface area contributed by atoms with Crippen LogP contribution in [0.5, 0.6) is 0 Å². The van der Waals surface area contributed by atoms with Gasteiger partial charge in [0.25, 0.3) is 5.52 Å². The predicted octanol–water partition coefficient (Wildman–Crippen LogP) is 2.67. The summed E-state index contributed by atoms with van der Waals surface area (Å²) in [6, 6.07) is 4.51. The standard InChI is InChI=1S/C17H14FN5O2/c1-9-13-12(15-20-16(25-21-15)17(2)6-7-17)19-8-22(13)11-5-3-4-10(18)14(11)23(9)24/h3-5,8H,6-7H2,1-2H3. The molecule has 4 aromatic rings. The quantitative estimate of drug-likeness (QED) is 0.414. The van der Waals surface area contributed by atoms with Crippen molar-refractivity contribution >= 4 is 16.6 Å². The van der Waals surface area contributed by atoms with Crippen molar-refractivity contribution in [2.45, 2.75) is 32.1 Å². The minimum absolute atomic E-state index is 0.0178. The average Bonchev–Trinajstić information content (AvgIpc) is 3.04. The molecule has 1 aliphatic carbocycles. The fourth-order valence-electron chi connectivity index (χ4n) is 3.17. The lowest BCUT2D eigenvalue weighted by molar-refractivity contribution is -0.584. The first kappa shape index (κ1) is 14.3. The van der Waals surface area contributed by atoms with E-state index >= 15 is 0 Å². The van der Waals surface area contributed by atoms with Gasteiger partial charge in [0.15, 0.2) is 5.82 Å². The molecule has 0 bridgehead atoms. The second kappa shape index (κ2) is 4.53. The maximum Gasteiger partial charge on any atom is 0.277 e. The monoisotopic (exact) mass is 339 g/mol. The van der Waals surface area contributed by atoms with Gasteiger partial charge < -0.3 is 9.73 Å². The van der Waals surface area contributed by atoms with Crippen molar-refractivity contribution < 1.29 is 13.6 Å². The van der Waals surface area contributed by atoms with Gasteiger partial charge in [-0.15, -0.1) is 0 Å². The van der Waals surface area contributed by atoms with E-state index in [-0.39, 0.29) is 10.9 Å². The van der Waals surface area contributed by atoms with Gasteiger partial charge in [0.05, 0.1) is 0 Å². The zero-order chi connectivity index (χ0) is 17.3. The molecule has 0 saturated heterocycles. The SMILES string of the molecule is Cc1c2c(-c3noc(C4(C)CC4)n3)ncn2c2cccc(F)c2[n+]1[O-]. The van der Waals surface area contributed by atoms with Crippen molar-refractivity contribution in [2.75, 3.05) is 0 Å². The molecule has 7 nitrogen and oxygen atoms in total. The summed E-state index contributed by atoms with van der Waals surface area (Å²) in [7, 11) is 0. The summed E-state index contributed by atoms with van der Waals surface area (Å²) >= 11 is 0. The van der Waals surface area contributed by atoms with E-state index in [1.54, 1.807) is 29.8 Å². The van der Waals surface area contributed by atoms with Crippen molar-refractivity contribution in [3.05, 3.63) is 47.1 Å². The highest BCUT2D eigenvalue weighted by Crippen LogP contribution is 2.47. The Morgan fingerprint density at radius 2 is 2.16 bits per heavy atom. The molecular weight excluding hydrogens is 325 g/mol. The number of fused-ring (bicyclic) bond motifs is 3. The summed E-state index contributed by atoms with van der Waals surface area (Å²) in [6.07, 6.45) is 3.58. The van der Waals surface area contributed by atoms with Gasteiger partial charge in [-0.05, 0) is 25.0 Å². The Morgan fingerprint density at radius 3 is 2.92 bits per heavy atom. The second-order valence-corrected chi connectivity index (χ2v) is 6.78.